The maximum absolute atomic E-state index is 4.08. The smallest absolute Gasteiger partial charge is 0.0535 e. The monoisotopic (exact) mass is 255 g/mol. The van der Waals surface area contributed by atoms with E-state index in [1.165, 1.54) is 42.4 Å². The highest BCUT2D eigenvalue weighted by Crippen LogP contribution is 2.28. The van der Waals surface area contributed by atoms with E-state index in [-0.39, 0.29) is 0 Å². The quantitative estimate of drug-likeness (QED) is 0.826. The molecule has 0 bridgehead atoms. The highest BCUT2D eigenvalue weighted by Gasteiger charge is 2.17. The van der Waals surface area contributed by atoms with Crippen LogP contribution in [0.2, 0.25) is 0 Å². The van der Waals surface area contributed by atoms with Crippen LogP contribution in [0.15, 0.2) is 30.5 Å². The van der Waals surface area contributed by atoms with Crippen LogP contribution in [0.4, 0.5) is 0 Å². The van der Waals surface area contributed by atoms with E-state index in [1.54, 1.807) is 0 Å². The minimum Gasteiger partial charge on any atom is -0.306 e. The zero-order valence-electron chi connectivity index (χ0n) is 11.4. The molecular weight excluding hydrogens is 234 g/mol. The average molecular weight is 255 g/mol. The lowest BCUT2D eigenvalue weighted by atomic mass is 9.99. The Morgan fingerprint density at radius 3 is 3.05 bits per heavy atom. The van der Waals surface area contributed by atoms with E-state index >= 15 is 0 Å². The topological polar surface area (TPSA) is 40.7 Å². The van der Waals surface area contributed by atoms with Crippen LogP contribution in [-0.2, 0) is 13.0 Å². The first-order chi connectivity index (χ1) is 9.34. The Balaban J connectivity index is 1.75. The van der Waals surface area contributed by atoms with Crippen LogP contribution in [0.5, 0.6) is 0 Å². The number of benzene rings is 1. The molecule has 1 aromatic carbocycles. The Kier molecular flexibility index (Phi) is 3.65. The summed E-state index contributed by atoms with van der Waals surface area (Å²) in [5, 5.41) is 10.8. The van der Waals surface area contributed by atoms with Gasteiger partial charge in [-0.1, -0.05) is 30.7 Å². The molecule has 0 saturated heterocycles. The normalized spacial score (nSPS) is 18.9. The summed E-state index contributed by atoms with van der Waals surface area (Å²) in [6.07, 6.45) is 6.98. The van der Waals surface area contributed by atoms with Gasteiger partial charge in [-0.15, -0.1) is 0 Å². The molecule has 0 aliphatic heterocycles. The first-order valence-electron chi connectivity index (χ1n) is 7.14. The van der Waals surface area contributed by atoms with Gasteiger partial charge in [-0.2, -0.15) is 5.10 Å². The second-order valence-electron chi connectivity index (χ2n) is 5.40. The van der Waals surface area contributed by atoms with Crippen LogP contribution in [0, 0.1) is 6.92 Å². The molecule has 100 valence electrons. The van der Waals surface area contributed by atoms with Crippen LogP contribution in [0.25, 0.3) is 0 Å². The molecule has 1 heterocycles. The average Bonchev–Trinajstić information content (AvgIpc) is 2.73. The van der Waals surface area contributed by atoms with Crippen LogP contribution in [0.3, 0.4) is 0 Å². The summed E-state index contributed by atoms with van der Waals surface area (Å²) in [6, 6.07) is 9.34. The van der Waals surface area contributed by atoms with Crippen molar-refractivity contribution in [3.8, 4) is 0 Å². The van der Waals surface area contributed by atoms with E-state index in [1.807, 2.05) is 6.20 Å². The summed E-state index contributed by atoms with van der Waals surface area (Å²) in [7, 11) is 0. The molecule has 1 aliphatic rings. The first-order valence-corrected chi connectivity index (χ1v) is 7.14. The summed E-state index contributed by atoms with van der Waals surface area (Å²) in [4.78, 5) is 0. The molecule has 3 nitrogen and oxygen atoms in total. The van der Waals surface area contributed by atoms with Crippen LogP contribution in [-0.4, -0.2) is 10.2 Å². The molecule has 2 aromatic rings. The summed E-state index contributed by atoms with van der Waals surface area (Å²) in [5.74, 6) is 0. The Morgan fingerprint density at radius 2 is 2.21 bits per heavy atom. The third-order valence-electron chi connectivity index (χ3n) is 4.09. The molecule has 19 heavy (non-hydrogen) atoms. The standard InChI is InChI=1S/C16H21N3/c1-12-14(11-18-19-12)10-17-16-9-5-3-7-13-6-2-4-8-15(13)16/h2,4,6,8,11,16-17H,3,5,7,9-10H2,1H3,(H,18,19). The van der Waals surface area contributed by atoms with Gasteiger partial charge in [0.2, 0.25) is 0 Å². The predicted octanol–water partition coefficient (Wildman–Crippen LogP) is 3.28. The van der Waals surface area contributed by atoms with Crippen LogP contribution >= 0.6 is 0 Å². The molecule has 0 radical (unpaired) electrons. The Hall–Kier alpha value is -1.61. The maximum atomic E-state index is 4.08. The van der Waals surface area contributed by atoms with Crippen LogP contribution in [0.1, 0.15) is 47.7 Å². The number of rotatable bonds is 3. The van der Waals surface area contributed by atoms with Crippen molar-refractivity contribution in [3.05, 3.63) is 52.8 Å². The highest BCUT2D eigenvalue weighted by atomic mass is 15.1. The first kappa shape index (κ1) is 12.4. The fraction of sp³-hybridized carbons (Fsp3) is 0.438. The maximum Gasteiger partial charge on any atom is 0.0535 e. The Bertz CT molecular complexity index is 544. The fourth-order valence-electron chi connectivity index (χ4n) is 2.92. The van der Waals surface area contributed by atoms with Crippen molar-refractivity contribution in [1.29, 1.82) is 0 Å². The van der Waals surface area contributed by atoms with Gasteiger partial charge in [0, 0.05) is 23.8 Å². The van der Waals surface area contributed by atoms with Crippen molar-refractivity contribution >= 4 is 0 Å². The zero-order chi connectivity index (χ0) is 13.1. The second-order valence-corrected chi connectivity index (χ2v) is 5.40. The van der Waals surface area contributed by atoms with Gasteiger partial charge in [-0.25, -0.2) is 0 Å². The molecule has 3 rings (SSSR count). The number of aromatic amines is 1. The molecule has 0 amide bonds. The lowest BCUT2D eigenvalue weighted by Crippen LogP contribution is -2.21. The van der Waals surface area contributed by atoms with E-state index in [9.17, 15) is 0 Å². The highest BCUT2D eigenvalue weighted by molar-refractivity contribution is 5.31. The molecule has 0 saturated carbocycles. The SMILES string of the molecule is Cc1[nH]ncc1CNC1CCCCc2ccccc21. The number of nitrogens with zero attached hydrogens (tertiary/aromatic N) is 1. The van der Waals surface area contributed by atoms with E-state index in [0.717, 1.165) is 12.2 Å². The summed E-state index contributed by atoms with van der Waals surface area (Å²) in [5.41, 5.74) is 5.43. The molecule has 0 spiro atoms. The third kappa shape index (κ3) is 2.71. The molecule has 1 unspecified atom stereocenters. The number of aromatic nitrogens is 2. The number of fused-ring (bicyclic) bond motifs is 1. The van der Waals surface area contributed by atoms with Gasteiger partial charge in [-0.3, -0.25) is 5.10 Å². The number of H-pyrrole nitrogens is 1. The van der Waals surface area contributed by atoms with Gasteiger partial charge in [0.1, 0.15) is 0 Å². The Labute approximate surface area is 114 Å². The summed E-state index contributed by atoms with van der Waals surface area (Å²) < 4.78 is 0. The molecule has 1 aromatic heterocycles. The Morgan fingerprint density at radius 1 is 1.32 bits per heavy atom. The minimum atomic E-state index is 0.480. The second kappa shape index (κ2) is 5.57. The van der Waals surface area contributed by atoms with Gasteiger partial charge in [0.25, 0.3) is 0 Å². The molecule has 0 fully saturated rings. The van der Waals surface area contributed by atoms with Crippen molar-refractivity contribution in [2.45, 2.75) is 45.2 Å². The van der Waals surface area contributed by atoms with Gasteiger partial charge in [0.15, 0.2) is 0 Å². The van der Waals surface area contributed by atoms with Gasteiger partial charge in [0.05, 0.1) is 6.20 Å². The predicted molar refractivity (Wildman–Crippen MR) is 76.9 cm³/mol. The van der Waals surface area contributed by atoms with Crippen molar-refractivity contribution < 1.29 is 0 Å². The summed E-state index contributed by atoms with van der Waals surface area (Å²) in [6.45, 7) is 2.96. The molecule has 1 atom stereocenters. The van der Waals surface area contributed by atoms with Crippen molar-refractivity contribution in [2.75, 3.05) is 0 Å². The van der Waals surface area contributed by atoms with Crippen LogP contribution < -0.4 is 5.32 Å². The number of nitrogens with one attached hydrogen (secondary N) is 2. The lowest BCUT2D eigenvalue weighted by molar-refractivity contribution is 0.488. The molecular formula is C16H21N3. The number of aryl methyl sites for hydroxylation is 2. The molecule has 1 aliphatic carbocycles. The summed E-state index contributed by atoms with van der Waals surface area (Å²) >= 11 is 0. The van der Waals surface area contributed by atoms with E-state index in [4.69, 9.17) is 0 Å². The van der Waals surface area contributed by atoms with Crippen molar-refractivity contribution in [2.24, 2.45) is 0 Å². The third-order valence-corrected chi connectivity index (χ3v) is 4.09. The number of hydrogen-bond donors (Lipinski definition) is 2. The van der Waals surface area contributed by atoms with Crippen molar-refractivity contribution in [3.63, 3.8) is 0 Å². The van der Waals surface area contributed by atoms with Gasteiger partial charge in [-0.05, 0) is 37.3 Å². The van der Waals surface area contributed by atoms with E-state index in [0.29, 0.717) is 6.04 Å². The van der Waals surface area contributed by atoms with E-state index < -0.39 is 0 Å². The van der Waals surface area contributed by atoms with Gasteiger partial charge >= 0.3 is 0 Å². The lowest BCUT2D eigenvalue weighted by Gasteiger charge is -2.19. The zero-order valence-corrected chi connectivity index (χ0v) is 11.4. The minimum absolute atomic E-state index is 0.480. The number of hydrogen-bond acceptors (Lipinski definition) is 2. The fourth-order valence-corrected chi connectivity index (χ4v) is 2.92. The molecule has 3 heteroatoms. The van der Waals surface area contributed by atoms with E-state index in [2.05, 4.69) is 46.7 Å². The molecule has 2 N–H and O–H groups in total. The van der Waals surface area contributed by atoms with Crippen molar-refractivity contribution in [1.82, 2.24) is 15.5 Å². The largest absolute Gasteiger partial charge is 0.306 e. The van der Waals surface area contributed by atoms with Gasteiger partial charge < -0.3 is 5.32 Å².